The van der Waals surface area contributed by atoms with Gasteiger partial charge in [-0.2, -0.15) is 5.10 Å². The summed E-state index contributed by atoms with van der Waals surface area (Å²) in [4.78, 5) is 15.4. The molecule has 3 N–H and O–H groups in total. The summed E-state index contributed by atoms with van der Waals surface area (Å²) in [5.41, 5.74) is 6.12. The fourth-order valence-electron chi connectivity index (χ4n) is 1.53. The molecule has 7 heteroatoms. The smallest absolute Gasteiger partial charge is 0.259 e. The van der Waals surface area contributed by atoms with Gasteiger partial charge in [0.2, 0.25) is 0 Å². The molecule has 0 spiro atoms. The van der Waals surface area contributed by atoms with Gasteiger partial charge in [-0.1, -0.05) is 0 Å². The molecular weight excluding hydrogens is 237 g/mol. The second-order valence-corrected chi connectivity index (χ2v) is 3.69. The minimum Gasteiger partial charge on any atom is -0.326 e. The van der Waals surface area contributed by atoms with Crippen molar-refractivity contribution in [2.45, 2.75) is 6.54 Å². The van der Waals surface area contributed by atoms with Gasteiger partial charge in [0.1, 0.15) is 0 Å². The van der Waals surface area contributed by atoms with Gasteiger partial charge in [0.25, 0.3) is 5.91 Å². The van der Waals surface area contributed by atoms with Gasteiger partial charge in [-0.15, -0.1) is 0 Å². The number of pyridine rings is 1. The average molecular weight is 249 g/mol. The molecule has 0 radical (unpaired) electrons. The number of halogens is 1. The number of aromatic nitrogens is 3. The van der Waals surface area contributed by atoms with E-state index < -0.39 is 11.7 Å². The molecule has 0 aliphatic heterocycles. The predicted molar refractivity (Wildman–Crippen MR) is 63.2 cm³/mol. The monoisotopic (exact) mass is 249 g/mol. The summed E-state index contributed by atoms with van der Waals surface area (Å²) in [7, 11) is 1.71. The predicted octanol–water partition coefficient (Wildman–Crippen LogP) is 0.665. The zero-order valence-electron chi connectivity index (χ0n) is 9.72. The van der Waals surface area contributed by atoms with Crippen molar-refractivity contribution in [2.75, 3.05) is 5.32 Å². The van der Waals surface area contributed by atoms with E-state index in [0.717, 1.165) is 6.20 Å². The van der Waals surface area contributed by atoms with Crippen LogP contribution in [0.15, 0.2) is 24.7 Å². The van der Waals surface area contributed by atoms with Crippen LogP contribution in [0.5, 0.6) is 0 Å². The normalized spacial score (nSPS) is 10.4. The fraction of sp³-hybridized carbons (Fsp3) is 0.182. The quantitative estimate of drug-likeness (QED) is 0.837. The van der Waals surface area contributed by atoms with Crippen molar-refractivity contribution in [3.8, 4) is 0 Å². The molecule has 0 aliphatic carbocycles. The summed E-state index contributed by atoms with van der Waals surface area (Å²) in [6.45, 7) is 0.238. The van der Waals surface area contributed by atoms with Gasteiger partial charge < -0.3 is 11.1 Å². The Hall–Kier alpha value is -2.28. The molecule has 0 bridgehead atoms. The van der Waals surface area contributed by atoms with E-state index in [1.807, 2.05) is 0 Å². The molecule has 1 amide bonds. The van der Waals surface area contributed by atoms with Gasteiger partial charge in [-0.25, -0.2) is 4.39 Å². The molecule has 0 saturated heterocycles. The number of rotatable bonds is 3. The first kappa shape index (κ1) is 12.2. The number of aryl methyl sites for hydroxylation is 1. The van der Waals surface area contributed by atoms with Crippen LogP contribution in [0.2, 0.25) is 0 Å². The van der Waals surface area contributed by atoms with Crippen LogP contribution in [-0.4, -0.2) is 20.7 Å². The van der Waals surface area contributed by atoms with Gasteiger partial charge in [-0.3, -0.25) is 14.5 Å². The lowest BCUT2D eigenvalue weighted by atomic mass is 10.2. The fourth-order valence-corrected chi connectivity index (χ4v) is 1.53. The highest BCUT2D eigenvalue weighted by Crippen LogP contribution is 2.14. The van der Waals surface area contributed by atoms with Crippen LogP contribution in [0, 0.1) is 5.82 Å². The van der Waals surface area contributed by atoms with E-state index >= 15 is 0 Å². The molecule has 18 heavy (non-hydrogen) atoms. The molecule has 0 aromatic carbocycles. The first-order valence-corrected chi connectivity index (χ1v) is 5.25. The Labute approximate surface area is 103 Å². The number of anilines is 1. The summed E-state index contributed by atoms with van der Waals surface area (Å²) < 4.78 is 14.9. The Kier molecular flexibility index (Phi) is 3.33. The first-order chi connectivity index (χ1) is 8.61. The maximum Gasteiger partial charge on any atom is 0.259 e. The summed E-state index contributed by atoms with van der Waals surface area (Å²) in [6.07, 6.45) is 4.02. The number of amides is 1. The van der Waals surface area contributed by atoms with E-state index in [4.69, 9.17) is 5.73 Å². The molecule has 2 heterocycles. The van der Waals surface area contributed by atoms with Crippen molar-refractivity contribution in [1.29, 1.82) is 0 Å². The number of carbonyl (C=O) groups is 1. The lowest BCUT2D eigenvalue weighted by molar-refractivity contribution is 0.102. The summed E-state index contributed by atoms with van der Waals surface area (Å²) in [5, 5.41) is 6.56. The lowest BCUT2D eigenvalue weighted by Crippen LogP contribution is -2.16. The largest absolute Gasteiger partial charge is 0.326 e. The molecule has 2 aromatic rings. The SMILES string of the molecule is Cn1cc(CN)c(NC(=O)c2ccncc2F)n1. The third-order valence-electron chi connectivity index (χ3n) is 2.37. The van der Waals surface area contributed by atoms with E-state index in [1.165, 1.54) is 16.9 Å². The summed E-state index contributed by atoms with van der Waals surface area (Å²) >= 11 is 0. The highest BCUT2D eigenvalue weighted by molar-refractivity contribution is 6.04. The molecule has 0 aliphatic rings. The molecule has 2 rings (SSSR count). The van der Waals surface area contributed by atoms with Gasteiger partial charge in [0.05, 0.1) is 11.8 Å². The topological polar surface area (TPSA) is 85.8 Å². The average Bonchev–Trinajstić information content (AvgIpc) is 2.70. The van der Waals surface area contributed by atoms with Crippen LogP contribution >= 0.6 is 0 Å². The van der Waals surface area contributed by atoms with Gasteiger partial charge in [-0.05, 0) is 6.07 Å². The van der Waals surface area contributed by atoms with Crippen LogP contribution in [0.1, 0.15) is 15.9 Å². The molecule has 0 fully saturated rings. The highest BCUT2D eigenvalue weighted by atomic mass is 19.1. The second kappa shape index (κ2) is 4.92. The van der Waals surface area contributed by atoms with E-state index in [9.17, 15) is 9.18 Å². The molecule has 2 aromatic heterocycles. The van der Waals surface area contributed by atoms with Crippen LogP contribution in [0.3, 0.4) is 0 Å². The lowest BCUT2D eigenvalue weighted by Gasteiger charge is -2.04. The Morgan fingerprint density at radius 3 is 3.06 bits per heavy atom. The Bertz CT molecular complexity index is 581. The molecule has 0 unspecified atom stereocenters. The third-order valence-corrected chi connectivity index (χ3v) is 2.37. The van der Waals surface area contributed by atoms with Crippen LogP contribution in [-0.2, 0) is 13.6 Å². The summed E-state index contributed by atoms with van der Waals surface area (Å²) in [5.74, 6) is -0.926. The molecule has 0 atom stereocenters. The van der Waals surface area contributed by atoms with Gasteiger partial charge in [0, 0.05) is 31.5 Å². The van der Waals surface area contributed by atoms with Crippen molar-refractivity contribution in [2.24, 2.45) is 12.8 Å². The van der Waals surface area contributed by atoms with Crippen LogP contribution < -0.4 is 11.1 Å². The van der Waals surface area contributed by atoms with Crippen molar-refractivity contribution >= 4 is 11.7 Å². The van der Waals surface area contributed by atoms with Crippen molar-refractivity contribution in [3.63, 3.8) is 0 Å². The minimum atomic E-state index is -0.680. The first-order valence-electron chi connectivity index (χ1n) is 5.25. The van der Waals surface area contributed by atoms with Gasteiger partial charge in [0.15, 0.2) is 11.6 Å². The maximum absolute atomic E-state index is 13.4. The maximum atomic E-state index is 13.4. The van der Waals surface area contributed by atoms with E-state index in [2.05, 4.69) is 15.4 Å². The third kappa shape index (κ3) is 2.35. The van der Waals surface area contributed by atoms with Gasteiger partial charge >= 0.3 is 0 Å². The Morgan fingerprint density at radius 1 is 1.61 bits per heavy atom. The van der Waals surface area contributed by atoms with Crippen LogP contribution in [0.25, 0.3) is 0 Å². The van der Waals surface area contributed by atoms with Crippen molar-refractivity contribution < 1.29 is 9.18 Å². The molecule has 0 saturated carbocycles. The summed E-state index contributed by atoms with van der Waals surface area (Å²) in [6, 6.07) is 1.30. The van der Waals surface area contributed by atoms with Crippen molar-refractivity contribution in [1.82, 2.24) is 14.8 Å². The number of nitrogens with two attached hydrogens (primary N) is 1. The van der Waals surface area contributed by atoms with Crippen molar-refractivity contribution in [3.05, 3.63) is 41.6 Å². The number of nitrogens with one attached hydrogen (secondary N) is 1. The molecule has 94 valence electrons. The number of hydrogen-bond donors (Lipinski definition) is 2. The van der Waals surface area contributed by atoms with Crippen LogP contribution in [0.4, 0.5) is 10.2 Å². The highest BCUT2D eigenvalue weighted by Gasteiger charge is 2.14. The Balaban J connectivity index is 2.24. The van der Waals surface area contributed by atoms with E-state index in [-0.39, 0.29) is 12.1 Å². The number of nitrogens with zero attached hydrogens (tertiary/aromatic N) is 3. The minimum absolute atomic E-state index is 0.0846. The molecule has 6 nitrogen and oxygen atoms in total. The zero-order valence-corrected chi connectivity index (χ0v) is 9.72. The second-order valence-electron chi connectivity index (χ2n) is 3.69. The van der Waals surface area contributed by atoms with E-state index in [1.54, 1.807) is 13.2 Å². The number of hydrogen-bond acceptors (Lipinski definition) is 4. The standard InChI is InChI=1S/C11H12FN5O/c1-17-6-7(4-13)10(16-17)15-11(18)8-2-3-14-5-9(8)12/h2-3,5-6H,4,13H2,1H3,(H,15,16,18). The zero-order chi connectivity index (χ0) is 13.1. The molecular formula is C11H12FN5O. The van der Waals surface area contributed by atoms with E-state index in [0.29, 0.717) is 11.4 Å². The number of carbonyl (C=O) groups excluding carboxylic acids is 1. The Morgan fingerprint density at radius 2 is 2.39 bits per heavy atom.